The van der Waals surface area contributed by atoms with E-state index in [1.807, 2.05) is 0 Å². The first-order valence-corrected chi connectivity index (χ1v) is 4.95. The zero-order valence-electron chi connectivity index (χ0n) is 8.95. The topological polar surface area (TPSA) is 38.0 Å². The van der Waals surface area contributed by atoms with Crippen molar-refractivity contribution in [3.63, 3.8) is 0 Å². The van der Waals surface area contributed by atoms with Crippen molar-refractivity contribution in [3.05, 3.63) is 47.5 Å². The summed E-state index contributed by atoms with van der Waals surface area (Å²) in [6, 6.07) is 4.61. The molecule has 0 amide bonds. The Bertz CT molecular complexity index is 562. The summed E-state index contributed by atoms with van der Waals surface area (Å²) in [5.41, 5.74) is -1.10. The molecule has 0 saturated carbocycles. The number of aromatic nitrogens is 2. The first-order valence-electron chi connectivity index (χ1n) is 4.95. The van der Waals surface area contributed by atoms with E-state index < -0.39 is 24.3 Å². The zero-order valence-corrected chi connectivity index (χ0v) is 8.95. The number of rotatable bonds is 2. The van der Waals surface area contributed by atoms with Gasteiger partial charge in [0.05, 0.1) is 12.3 Å². The van der Waals surface area contributed by atoms with Crippen LogP contribution in [0.3, 0.4) is 0 Å². The van der Waals surface area contributed by atoms with E-state index in [1.165, 1.54) is 12.1 Å². The summed E-state index contributed by atoms with van der Waals surface area (Å²) in [5.74, 6) is -0.695. The molecule has 0 radical (unpaired) electrons. The predicted molar refractivity (Wildman–Crippen MR) is 54.4 cm³/mol. The number of hydrogen-bond donors (Lipinski definition) is 1. The van der Waals surface area contributed by atoms with Gasteiger partial charge in [-0.25, -0.2) is 9.07 Å². The van der Waals surface area contributed by atoms with Crippen LogP contribution in [0.2, 0.25) is 0 Å². The lowest BCUT2D eigenvalue weighted by Gasteiger charge is -2.08. The van der Waals surface area contributed by atoms with Crippen molar-refractivity contribution in [2.24, 2.45) is 0 Å². The molecule has 0 saturated heterocycles. The molecule has 2 aromatic rings. The van der Waals surface area contributed by atoms with Crippen molar-refractivity contribution in [3.8, 4) is 5.69 Å². The van der Waals surface area contributed by atoms with Gasteiger partial charge in [-0.2, -0.15) is 18.3 Å². The van der Waals surface area contributed by atoms with Crippen molar-refractivity contribution in [1.82, 2.24) is 9.78 Å². The van der Waals surface area contributed by atoms with Crippen LogP contribution in [0.5, 0.6) is 0 Å². The molecule has 0 atom stereocenters. The number of nitrogens with zero attached hydrogens (tertiary/aromatic N) is 2. The number of alkyl halides is 3. The Morgan fingerprint density at radius 2 is 1.94 bits per heavy atom. The van der Waals surface area contributed by atoms with Gasteiger partial charge in [0.15, 0.2) is 5.69 Å². The van der Waals surface area contributed by atoms with Gasteiger partial charge in [0.2, 0.25) is 0 Å². The molecule has 1 heterocycles. The molecule has 0 aliphatic carbocycles. The lowest BCUT2D eigenvalue weighted by molar-refractivity contribution is -0.141. The third kappa shape index (κ3) is 2.21. The summed E-state index contributed by atoms with van der Waals surface area (Å²) in [5, 5.41) is 12.3. The Labute approximate surface area is 99.3 Å². The predicted octanol–water partition coefficient (Wildman–Crippen LogP) is 2.52. The van der Waals surface area contributed by atoms with Crippen LogP contribution in [-0.2, 0) is 12.8 Å². The first-order chi connectivity index (χ1) is 8.43. The van der Waals surface area contributed by atoms with E-state index in [1.54, 1.807) is 0 Å². The van der Waals surface area contributed by atoms with E-state index in [2.05, 4.69) is 5.10 Å². The summed E-state index contributed by atoms with van der Waals surface area (Å²) in [7, 11) is 0. The summed E-state index contributed by atoms with van der Waals surface area (Å²) in [6.45, 7) is -0.622. The number of hydrogen-bond acceptors (Lipinski definition) is 2. The van der Waals surface area contributed by atoms with Crippen molar-refractivity contribution in [2.75, 3.05) is 0 Å². The highest BCUT2D eigenvalue weighted by Crippen LogP contribution is 2.28. The highest BCUT2D eigenvalue weighted by Gasteiger charge is 2.33. The third-order valence-electron chi connectivity index (χ3n) is 2.38. The fraction of sp³-hybridized carbons (Fsp3) is 0.182. The lowest BCUT2D eigenvalue weighted by atomic mass is 10.2. The van der Waals surface area contributed by atoms with E-state index in [9.17, 15) is 17.6 Å². The average molecular weight is 260 g/mol. The standard InChI is InChI=1S/C11H8F4N2O/c12-8-2-1-3-9(7(8)6-18)17-5-4-10(16-17)11(13,14)15/h1-5,18H,6H2. The van der Waals surface area contributed by atoms with E-state index >= 15 is 0 Å². The molecule has 7 heteroatoms. The lowest BCUT2D eigenvalue weighted by Crippen LogP contribution is -2.08. The van der Waals surface area contributed by atoms with Gasteiger partial charge in [-0.05, 0) is 18.2 Å². The van der Waals surface area contributed by atoms with E-state index in [4.69, 9.17) is 5.11 Å². The van der Waals surface area contributed by atoms with Crippen LogP contribution >= 0.6 is 0 Å². The highest BCUT2D eigenvalue weighted by molar-refractivity contribution is 5.41. The minimum atomic E-state index is -4.56. The monoisotopic (exact) mass is 260 g/mol. The Morgan fingerprint density at radius 1 is 1.22 bits per heavy atom. The van der Waals surface area contributed by atoms with Gasteiger partial charge in [0.1, 0.15) is 5.82 Å². The average Bonchev–Trinajstić information content (AvgIpc) is 2.77. The second-order valence-corrected chi connectivity index (χ2v) is 3.54. The quantitative estimate of drug-likeness (QED) is 0.842. The van der Waals surface area contributed by atoms with Gasteiger partial charge in [-0.3, -0.25) is 0 Å². The van der Waals surface area contributed by atoms with Crippen LogP contribution in [0, 0.1) is 5.82 Å². The zero-order chi connectivity index (χ0) is 13.3. The van der Waals surface area contributed by atoms with E-state index in [-0.39, 0.29) is 11.3 Å². The number of aliphatic hydroxyl groups excluding tert-OH is 1. The molecular formula is C11H8F4N2O. The molecule has 3 nitrogen and oxygen atoms in total. The summed E-state index contributed by atoms with van der Waals surface area (Å²) >= 11 is 0. The van der Waals surface area contributed by atoms with Gasteiger partial charge in [0.25, 0.3) is 0 Å². The molecule has 1 N–H and O–H groups in total. The fourth-order valence-corrected chi connectivity index (χ4v) is 1.53. The molecule has 1 aromatic carbocycles. The number of halogens is 4. The van der Waals surface area contributed by atoms with Crippen molar-refractivity contribution < 1.29 is 22.7 Å². The van der Waals surface area contributed by atoms with Gasteiger partial charge in [0, 0.05) is 11.8 Å². The Balaban J connectivity index is 2.50. The van der Waals surface area contributed by atoms with Gasteiger partial charge >= 0.3 is 6.18 Å². The van der Waals surface area contributed by atoms with Crippen LogP contribution in [0.15, 0.2) is 30.5 Å². The van der Waals surface area contributed by atoms with E-state index in [0.717, 1.165) is 23.0 Å². The van der Waals surface area contributed by atoms with Crippen molar-refractivity contribution in [1.29, 1.82) is 0 Å². The van der Waals surface area contributed by atoms with Gasteiger partial charge in [-0.1, -0.05) is 6.07 Å². The maximum absolute atomic E-state index is 13.4. The van der Waals surface area contributed by atoms with Gasteiger partial charge in [-0.15, -0.1) is 0 Å². The Kier molecular flexibility index (Phi) is 3.08. The van der Waals surface area contributed by atoms with Gasteiger partial charge < -0.3 is 5.11 Å². The first kappa shape index (κ1) is 12.6. The normalized spacial score (nSPS) is 11.8. The van der Waals surface area contributed by atoms with Crippen molar-refractivity contribution in [2.45, 2.75) is 12.8 Å². The molecule has 0 fully saturated rings. The molecule has 0 aliphatic heterocycles. The van der Waals surface area contributed by atoms with Crippen LogP contribution in [0.25, 0.3) is 5.69 Å². The third-order valence-corrected chi connectivity index (χ3v) is 2.38. The second-order valence-electron chi connectivity index (χ2n) is 3.54. The maximum atomic E-state index is 13.4. The van der Waals surface area contributed by atoms with Crippen molar-refractivity contribution >= 4 is 0 Å². The molecule has 0 unspecified atom stereocenters. The Hall–Kier alpha value is -1.89. The van der Waals surface area contributed by atoms with Crippen LogP contribution in [0.4, 0.5) is 17.6 Å². The van der Waals surface area contributed by atoms with Crippen LogP contribution in [0.1, 0.15) is 11.3 Å². The minimum absolute atomic E-state index is 0.0769. The summed E-state index contributed by atoms with van der Waals surface area (Å²) in [4.78, 5) is 0. The molecular weight excluding hydrogens is 252 g/mol. The second kappa shape index (κ2) is 4.41. The molecule has 0 bridgehead atoms. The fourth-order valence-electron chi connectivity index (χ4n) is 1.53. The molecule has 18 heavy (non-hydrogen) atoms. The SMILES string of the molecule is OCc1c(F)cccc1-n1ccc(C(F)(F)F)n1. The molecule has 96 valence electrons. The molecule has 2 rings (SSSR count). The molecule has 1 aromatic heterocycles. The molecule has 0 spiro atoms. The van der Waals surface area contributed by atoms with Crippen LogP contribution < -0.4 is 0 Å². The maximum Gasteiger partial charge on any atom is 0.435 e. The highest BCUT2D eigenvalue weighted by atomic mass is 19.4. The van der Waals surface area contributed by atoms with E-state index in [0.29, 0.717) is 0 Å². The smallest absolute Gasteiger partial charge is 0.391 e. The largest absolute Gasteiger partial charge is 0.435 e. The van der Waals surface area contributed by atoms with Crippen LogP contribution in [-0.4, -0.2) is 14.9 Å². The molecule has 0 aliphatic rings. The number of aliphatic hydroxyl groups is 1. The minimum Gasteiger partial charge on any atom is -0.391 e. The Morgan fingerprint density at radius 3 is 2.50 bits per heavy atom. The summed E-state index contributed by atoms with van der Waals surface area (Å²) in [6.07, 6.45) is -3.49. The number of benzene rings is 1. The summed E-state index contributed by atoms with van der Waals surface area (Å²) < 4.78 is 51.4.